The molecule has 2 atom stereocenters. The van der Waals surface area contributed by atoms with Crippen LogP contribution in [-0.2, 0) is 9.53 Å². The Morgan fingerprint density at radius 1 is 1.17 bits per heavy atom. The van der Waals surface area contributed by atoms with Gasteiger partial charge in [-0.05, 0) is 51.0 Å². The van der Waals surface area contributed by atoms with E-state index in [4.69, 9.17) is 22.1 Å². The quantitative estimate of drug-likeness (QED) is 0.433. The van der Waals surface area contributed by atoms with E-state index in [0.29, 0.717) is 27.4 Å². The number of esters is 1. The number of hydrogen-bond acceptors (Lipinski definition) is 5. The Balaban J connectivity index is 2.12. The standard InChI is InChI=1S/C21H24ClN3O5/c1-10-18(12(3)26)11(2)24-19(10)20(28)13(4)30-17(27)9-16(25-21(23)29)14-5-7-15(22)8-6-14/h5-8,13,16,24H,9H2,1-4H3,(H3,23,25,29)/t13-,16-/m0/s1. The highest BCUT2D eigenvalue weighted by molar-refractivity contribution is 6.30. The average molecular weight is 434 g/mol. The van der Waals surface area contributed by atoms with Gasteiger partial charge in [0.05, 0.1) is 18.2 Å². The fourth-order valence-electron chi connectivity index (χ4n) is 3.31. The van der Waals surface area contributed by atoms with Crippen LogP contribution in [0.5, 0.6) is 0 Å². The molecule has 0 saturated carbocycles. The van der Waals surface area contributed by atoms with Gasteiger partial charge in [-0.15, -0.1) is 0 Å². The van der Waals surface area contributed by atoms with E-state index in [1.807, 2.05) is 0 Å². The number of aromatic amines is 1. The number of Topliss-reactive ketones (excluding diaryl/α,β-unsaturated/α-hetero) is 2. The molecule has 30 heavy (non-hydrogen) atoms. The van der Waals surface area contributed by atoms with Crippen LogP contribution in [0.25, 0.3) is 0 Å². The van der Waals surface area contributed by atoms with E-state index in [0.717, 1.165) is 0 Å². The van der Waals surface area contributed by atoms with Gasteiger partial charge in [0.25, 0.3) is 0 Å². The average Bonchev–Trinajstić information content (AvgIpc) is 2.94. The van der Waals surface area contributed by atoms with Crippen molar-refractivity contribution in [2.75, 3.05) is 0 Å². The van der Waals surface area contributed by atoms with E-state index in [9.17, 15) is 19.2 Å². The Bertz CT molecular complexity index is 981. The smallest absolute Gasteiger partial charge is 0.312 e. The summed E-state index contributed by atoms with van der Waals surface area (Å²) in [5.41, 5.74) is 7.58. The van der Waals surface area contributed by atoms with Gasteiger partial charge >= 0.3 is 12.0 Å². The zero-order valence-electron chi connectivity index (χ0n) is 17.2. The minimum atomic E-state index is -1.09. The van der Waals surface area contributed by atoms with Crippen molar-refractivity contribution in [1.82, 2.24) is 10.3 Å². The van der Waals surface area contributed by atoms with Crippen molar-refractivity contribution in [3.05, 3.63) is 57.4 Å². The highest BCUT2D eigenvalue weighted by atomic mass is 35.5. The molecule has 1 heterocycles. The van der Waals surface area contributed by atoms with Crippen LogP contribution in [0, 0.1) is 13.8 Å². The van der Waals surface area contributed by atoms with Crippen LogP contribution in [0.4, 0.5) is 4.79 Å². The van der Waals surface area contributed by atoms with Crippen LogP contribution in [0.3, 0.4) is 0 Å². The molecule has 0 aliphatic carbocycles. The third-order valence-electron chi connectivity index (χ3n) is 4.67. The molecule has 2 amide bonds. The van der Waals surface area contributed by atoms with Crippen LogP contribution in [0.1, 0.15) is 64.0 Å². The minimum absolute atomic E-state index is 0.159. The first kappa shape index (κ1) is 23.2. The lowest BCUT2D eigenvalue weighted by Crippen LogP contribution is -2.35. The predicted molar refractivity (Wildman–Crippen MR) is 112 cm³/mol. The zero-order valence-corrected chi connectivity index (χ0v) is 17.9. The first-order valence-corrected chi connectivity index (χ1v) is 9.64. The number of aryl methyl sites for hydroxylation is 1. The molecule has 1 aromatic heterocycles. The van der Waals surface area contributed by atoms with E-state index < -0.39 is 29.9 Å². The number of ether oxygens (including phenoxy) is 1. The van der Waals surface area contributed by atoms with Crippen molar-refractivity contribution in [2.45, 2.75) is 46.3 Å². The molecule has 0 aliphatic rings. The van der Waals surface area contributed by atoms with E-state index in [1.165, 1.54) is 13.8 Å². The molecule has 2 aromatic rings. The summed E-state index contributed by atoms with van der Waals surface area (Å²) >= 11 is 5.87. The largest absolute Gasteiger partial charge is 0.454 e. The number of benzene rings is 1. The van der Waals surface area contributed by atoms with Crippen molar-refractivity contribution >= 4 is 35.2 Å². The Morgan fingerprint density at radius 3 is 2.27 bits per heavy atom. The maximum atomic E-state index is 12.7. The third kappa shape index (κ3) is 5.48. The number of nitrogens with one attached hydrogen (secondary N) is 2. The third-order valence-corrected chi connectivity index (χ3v) is 4.93. The molecule has 1 aromatic carbocycles. The molecule has 4 N–H and O–H groups in total. The fourth-order valence-corrected chi connectivity index (χ4v) is 3.44. The van der Waals surface area contributed by atoms with E-state index in [-0.39, 0.29) is 17.9 Å². The summed E-state index contributed by atoms with van der Waals surface area (Å²) in [4.78, 5) is 51.2. The highest BCUT2D eigenvalue weighted by Crippen LogP contribution is 2.22. The molecule has 0 radical (unpaired) electrons. The molecular weight excluding hydrogens is 410 g/mol. The lowest BCUT2D eigenvalue weighted by atomic mass is 10.0. The van der Waals surface area contributed by atoms with Crippen LogP contribution >= 0.6 is 11.6 Å². The van der Waals surface area contributed by atoms with Gasteiger partial charge in [-0.2, -0.15) is 0 Å². The molecule has 160 valence electrons. The molecule has 0 bridgehead atoms. The van der Waals surface area contributed by atoms with Gasteiger partial charge in [-0.3, -0.25) is 14.4 Å². The van der Waals surface area contributed by atoms with Gasteiger partial charge in [0.15, 0.2) is 11.9 Å². The number of hydrogen-bond donors (Lipinski definition) is 3. The Labute approximate surface area is 179 Å². The molecule has 9 heteroatoms. The molecule has 0 unspecified atom stereocenters. The summed E-state index contributed by atoms with van der Waals surface area (Å²) in [6, 6.07) is 4.99. The van der Waals surface area contributed by atoms with Gasteiger partial charge in [-0.1, -0.05) is 23.7 Å². The molecular formula is C21H24ClN3O5. The van der Waals surface area contributed by atoms with Gasteiger partial charge in [0.2, 0.25) is 5.78 Å². The summed E-state index contributed by atoms with van der Waals surface area (Å²) in [5, 5.41) is 2.98. The second-order valence-corrected chi connectivity index (χ2v) is 7.43. The van der Waals surface area contributed by atoms with E-state index in [1.54, 1.807) is 38.1 Å². The van der Waals surface area contributed by atoms with Crippen molar-refractivity contribution in [1.29, 1.82) is 0 Å². The number of H-pyrrole nitrogens is 1. The van der Waals surface area contributed by atoms with Crippen molar-refractivity contribution in [2.24, 2.45) is 5.73 Å². The number of rotatable bonds is 8. The summed E-state index contributed by atoms with van der Waals surface area (Å²) in [5.74, 6) is -1.31. The van der Waals surface area contributed by atoms with Gasteiger partial charge in [0, 0.05) is 16.3 Å². The first-order valence-electron chi connectivity index (χ1n) is 9.26. The zero-order chi connectivity index (χ0) is 22.6. The predicted octanol–water partition coefficient (Wildman–Crippen LogP) is 3.40. The number of halogens is 1. The number of aromatic nitrogens is 1. The number of ketones is 2. The second kappa shape index (κ2) is 9.58. The molecule has 2 rings (SSSR count). The summed E-state index contributed by atoms with van der Waals surface area (Å²) in [7, 11) is 0. The fraction of sp³-hybridized carbons (Fsp3) is 0.333. The van der Waals surface area contributed by atoms with Crippen molar-refractivity contribution in [3.63, 3.8) is 0 Å². The number of nitrogens with two attached hydrogens (primary N) is 1. The Morgan fingerprint density at radius 2 is 1.77 bits per heavy atom. The molecule has 8 nitrogen and oxygen atoms in total. The molecule has 0 saturated heterocycles. The summed E-state index contributed by atoms with van der Waals surface area (Å²) in [6.45, 7) is 6.23. The highest BCUT2D eigenvalue weighted by Gasteiger charge is 2.27. The van der Waals surface area contributed by atoms with Crippen molar-refractivity contribution < 1.29 is 23.9 Å². The van der Waals surface area contributed by atoms with Crippen LogP contribution in [0.2, 0.25) is 5.02 Å². The molecule has 0 fully saturated rings. The molecule has 0 aliphatic heterocycles. The molecule has 0 spiro atoms. The maximum absolute atomic E-state index is 12.7. The Kier molecular flexibility index (Phi) is 7.39. The van der Waals surface area contributed by atoms with Crippen molar-refractivity contribution in [3.8, 4) is 0 Å². The topological polar surface area (TPSA) is 131 Å². The number of amides is 2. The lowest BCUT2D eigenvalue weighted by Gasteiger charge is -2.19. The lowest BCUT2D eigenvalue weighted by molar-refractivity contribution is -0.146. The van der Waals surface area contributed by atoms with Gasteiger partial charge in [-0.25, -0.2) is 4.79 Å². The van der Waals surface area contributed by atoms with Crippen LogP contribution in [0.15, 0.2) is 24.3 Å². The van der Waals surface area contributed by atoms with Gasteiger partial charge in [0.1, 0.15) is 0 Å². The SMILES string of the molecule is CC(=O)c1c(C)[nH]c(C(=O)[C@H](C)OC(=O)C[C@H](NC(N)=O)c2ccc(Cl)cc2)c1C. The number of carbonyl (C=O) groups is 4. The first-order chi connectivity index (χ1) is 14.0. The summed E-state index contributed by atoms with van der Waals surface area (Å²) < 4.78 is 5.28. The van der Waals surface area contributed by atoms with E-state index >= 15 is 0 Å². The van der Waals surface area contributed by atoms with Crippen LogP contribution < -0.4 is 11.1 Å². The number of urea groups is 1. The maximum Gasteiger partial charge on any atom is 0.312 e. The minimum Gasteiger partial charge on any atom is -0.454 e. The normalized spacial score (nSPS) is 12.7. The second-order valence-electron chi connectivity index (χ2n) is 6.99. The summed E-state index contributed by atoms with van der Waals surface area (Å²) in [6.07, 6.45) is -1.32. The van der Waals surface area contributed by atoms with Gasteiger partial charge < -0.3 is 20.8 Å². The monoisotopic (exact) mass is 433 g/mol. The number of carbonyl (C=O) groups excluding carboxylic acids is 4. The Hall–Kier alpha value is -3.13. The van der Waals surface area contributed by atoms with E-state index in [2.05, 4.69) is 10.3 Å². The number of primary amides is 1. The van der Waals surface area contributed by atoms with Crippen LogP contribution in [-0.4, -0.2) is 34.7 Å².